The molecule has 0 radical (unpaired) electrons. The van der Waals surface area contributed by atoms with Gasteiger partial charge in [-0.2, -0.15) is 0 Å². The molecule has 0 aliphatic carbocycles. The number of hydrogen-bond acceptors (Lipinski definition) is 4. The number of likely N-dealkylation sites (tertiary alicyclic amines) is 1. The number of amides is 1. The molecule has 1 atom stereocenters. The molecule has 0 aromatic carbocycles. The summed E-state index contributed by atoms with van der Waals surface area (Å²) in [6, 6.07) is -0.681. The van der Waals surface area contributed by atoms with E-state index in [4.69, 9.17) is 0 Å². The number of carboxylic acids is 1. The van der Waals surface area contributed by atoms with E-state index in [1.807, 2.05) is 22.2 Å². The van der Waals surface area contributed by atoms with Gasteiger partial charge in [-0.15, -0.1) is 11.3 Å². The van der Waals surface area contributed by atoms with Crippen LogP contribution in [0.1, 0.15) is 25.0 Å². The van der Waals surface area contributed by atoms with Crippen LogP contribution >= 0.6 is 11.3 Å². The number of piperidine rings is 1. The third kappa shape index (κ3) is 2.40. The number of carbonyl (C=O) groups is 2. The molecule has 3 rings (SSSR count). The molecular formula is C13H15N3O3S. The van der Waals surface area contributed by atoms with Crippen molar-refractivity contribution >= 4 is 28.2 Å². The Morgan fingerprint density at radius 1 is 1.45 bits per heavy atom. The fraction of sp³-hybridized carbons (Fsp3) is 0.462. The molecule has 2 aromatic heterocycles. The van der Waals surface area contributed by atoms with Gasteiger partial charge in [0.25, 0.3) is 0 Å². The molecule has 106 valence electrons. The van der Waals surface area contributed by atoms with E-state index in [0.717, 1.165) is 17.8 Å². The van der Waals surface area contributed by atoms with E-state index in [1.165, 1.54) is 16.2 Å². The number of carbonyl (C=O) groups excluding carboxylic acids is 1. The molecule has 1 aliphatic heterocycles. The molecule has 20 heavy (non-hydrogen) atoms. The van der Waals surface area contributed by atoms with Crippen LogP contribution in [0.2, 0.25) is 0 Å². The molecule has 1 amide bonds. The minimum Gasteiger partial charge on any atom is -0.480 e. The van der Waals surface area contributed by atoms with Crippen LogP contribution in [0.3, 0.4) is 0 Å². The maximum absolute atomic E-state index is 12.3. The zero-order valence-electron chi connectivity index (χ0n) is 10.9. The number of imidazole rings is 1. The first-order valence-electron chi connectivity index (χ1n) is 6.58. The molecule has 1 N–H and O–H groups in total. The Morgan fingerprint density at radius 2 is 2.30 bits per heavy atom. The number of aromatic nitrogens is 2. The third-order valence-electron chi connectivity index (χ3n) is 3.58. The summed E-state index contributed by atoms with van der Waals surface area (Å²) in [5, 5.41) is 11.1. The molecule has 7 heteroatoms. The second kappa shape index (κ2) is 5.24. The van der Waals surface area contributed by atoms with Crippen LogP contribution in [-0.4, -0.2) is 43.9 Å². The van der Waals surface area contributed by atoms with Crippen LogP contribution in [-0.2, 0) is 16.0 Å². The Balaban J connectivity index is 1.74. The van der Waals surface area contributed by atoms with E-state index < -0.39 is 12.0 Å². The minimum absolute atomic E-state index is 0.150. The molecular weight excluding hydrogens is 278 g/mol. The van der Waals surface area contributed by atoms with Gasteiger partial charge in [0.1, 0.15) is 6.04 Å². The highest BCUT2D eigenvalue weighted by molar-refractivity contribution is 7.15. The summed E-state index contributed by atoms with van der Waals surface area (Å²) in [5.74, 6) is -1.06. The van der Waals surface area contributed by atoms with E-state index in [-0.39, 0.29) is 12.3 Å². The highest BCUT2D eigenvalue weighted by atomic mass is 32.1. The van der Waals surface area contributed by atoms with Gasteiger partial charge in [0.05, 0.1) is 12.1 Å². The first-order chi connectivity index (χ1) is 9.65. The van der Waals surface area contributed by atoms with E-state index >= 15 is 0 Å². The fourth-order valence-corrected chi connectivity index (χ4v) is 3.32. The summed E-state index contributed by atoms with van der Waals surface area (Å²) in [6.07, 6.45) is 6.15. The molecule has 0 spiro atoms. The van der Waals surface area contributed by atoms with Gasteiger partial charge < -0.3 is 10.0 Å². The highest BCUT2D eigenvalue weighted by Crippen LogP contribution is 2.19. The molecule has 6 nitrogen and oxygen atoms in total. The number of rotatable bonds is 3. The zero-order chi connectivity index (χ0) is 14.1. The van der Waals surface area contributed by atoms with Gasteiger partial charge in [-0.3, -0.25) is 9.20 Å². The van der Waals surface area contributed by atoms with E-state index in [2.05, 4.69) is 4.98 Å². The molecule has 2 aromatic rings. The summed E-state index contributed by atoms with van der Waals surface area (Å²) < 4.78 is 1.87. The average Bonchev–Trinajstić information content (AvgIpc) is 2.99. The first kappa shape index (κ1) is 13.1. The lowest BCUT2D eigenvalue weighted by Gasteiger charge is -2.32. The van der Waals surface area contributed by atoms with Crippen LogP contribution in [0.25, 0.3) is 4.96 Å². The van der Waals surface area contributed by atoms with Crippen LogP contribution in [0, 0.1) is 0 Å². The lowest BCUT2D eigenvalue weighted by Crippen LogP contribution is -2.48. The van der Waals surface area contributed by atoms with Gasteiger partial charge >= 0.3 is 5.97 Å². The van der Waals surface area contributed by atoms with Crippen molar-refractivity contribution in [2.24, 2.45) is 0 Å². The Hall–Kier alpha value is -1.89. The van der Waals surface area contributed by atoms with Crippen molar-refractivity contribution in [3.63, 3.8) is 0 Å². The molecule has 0 unspecified atom stereocenters. The van der Waals surface area contributed by atoms with Crippen molar-refractivity contribution in [3.8, 4) is 0 Å². The normalized spacial score (nSPS) is 19.4. The van der Waals surface area contributed by atoms with Crippen molar-refractivity contribution in [2.75, 3.05) is 6.54 Å². The van der Waals surface area contributed by atoms with Gasteiger partial charge in [-0.1, -0.05) is 0 Å². The number of hydrogen-bond donors (Lipinski definition) is 1. The largest absolute Gasteiger partial charge is 0.480 e. The third-order valence-corrected chi connectivity index (χ3v) is 4.35. The molecule has 0 saturated carbocycles. The number of nitrogens with zero attached hydrogens (tertiary/aromatic N) is 3. The SMILES string of the molecule is O=C(O)[C@@H]1CCCCN1C(=O)Cc1cn2ccsc2n1. The standard InChI is InChI=1S/C13H15N3O3S/c17-11(16-4-2-1-3-10(16)12(18)19)7-9-8-15-5-6-20-13(15)14-9/h5-6,8,10H,1-4,7H2,(H,18,19)/t10-/m0/s1. The van der Waals surface area contributed by atoms with Gasteiger partial charge in [0.2, 0.25) is 5.91 Å². The number of carboxylic acid groups (broad SMARTS) is 1. The van der Waals surface area contributed by atoms with Gasteiger partial charge in [-0.25, -0.2) is 9.78 Å². The highest BCUT2D eigenvalue weighted by Gasteiger charge is 2.31. The quantitative estimate of drug-likeness (QED) is 0.928. The summed E-state index contributed by atoms with van der Waals surface area (Å²) in [5.41, 5.74) is 0.691. The van der Waals surface area contributed by atoms with Crippen molar-refractivity contribution in [1.82, 2.24) is 14.3 Å². The molecule has 1 fully saturated rings. The van der Waals surface area contributed by atoms with Crippen molar-refractivity contribution in [3.05, 3.63) is 23.5 Å². The van der Waals surface area contributed by atoms with Crippen molar-refractivity contribution in [2.45, 2.75) is 31.7 Å². The zero-order valence-corrected chi connectivity index (χ0v) is 11.7. The summed E-state index contributed by atoms with van der Waals surface area (Å²) in [7, 11) is 0. The van der Waals surface area contributed by atoms with Crippen molar-refractivity contribution < 1.29 is 14.7 Å². The van der Waals surface area contributed by atoms with Gasteiger partial charge in [-0.05, 0) is 19.3 Å². The van der Waals surface area contributed by atoms with Crippen LogP contribution in [0.4, 0.5) is 0 Å². The van der Waals surface area contributed by atoms with Crippen LogP contribution < -0.4 is 0 Å². The molecule has 0 bridgehead atoms. The van der Waals surface area contributed by atoms with Crippen molar-refractivity contribution in [1.29, 1.82) is 0 Å². The average molecular weight is 293 g/mol. The van der Waals surface area contributed by atoms with E-state index in [9.17, 15) is 14.7 Å². The maximum Gasteiger partial charge on any atom is 0.326 e. The van der Waals surface area contributed by atoms with Crippen LogP contribution in [0.15, 0.2) is 17.8 Å². The number of fused-ring (bicyclic) bond motifs is 1. The van der Waals surface area contributed by atoms with Gasteiger partial charge in [0, 0.05) is 24.3 Å². The summed E-state index contributed by atoms with van der Waals surface area (Å²) in [6.45, 7) is 0.526. The van der Waals surface area contributed by atoms with Gasteiger partial charge in [0.15, 0.2) is 4.96 Å². The minimum atomic E-state index is -0.913. The second-order valence-corrected chi connectivity index (χ2v) is 5.81. The lowest BCUT2D eigenvalue weighted by molar-refractivity contribution is -0.151. The Bertz CT molecular complexity index is 620. The van der Waals surface area contributed by atoms with Crippen LogP contribution in [0.5, 0.6) is 0 Å². The Morgan fingerprint density at radius 3 is 3.05 bits per heavy atom. The number of thiazole rings is 1. The predicted octanol–water partition coefficient (Wildman–Crippen LogP) is 1.40. The second-order valence-electron chi connectivity index (χ2n) is 4.94. The smallest absolute Gasteiger partial charge is 0.326 e. The lowest BCUT2D eigenvalue weighted by atomic mass is 10.0. The summed E-state index contributed by atoms with van der Waals surface area (Å²) >= 11 is 1.51. The monoisotopic (exact) mass is 293 g/mol. The molecule has 3 heterocycles. The van der Waals surface area contributed by atoms with E-state index in [1.54, 1.807) is 0 Å². The molecule has 1 saturated heterocycles. The maximum atomic E-state index is 12.3. The van der Waals surface area contributed by atoms with E-state index in [0.29, 0.717) is 18.7 Å². The Kier molecular flexibility index (Phi) is 3.43. The molecule has 1 aliphatic rings. The fourth-order valence-electron chi connectivity index (χ4n) is 2.60. The predicted molar refractivity (Wildman–Crippen MR) is 73.8 cm³/mol. The summed E-state index contributed by atoms with van der Waals surface area (Å²) in [4.78, 5) is 30.2. The first-order valence-corrected chi connectivity index (χ1v) is 7.46. The Labute approximate surface area is 119 Å². The topological polar surface area (TPSA) is 74.9 Å². The number of aliphatic carboxylic acids is 1.